The fraction of sp³-hybridized carbons (Fsp3) is 0.450. The van der Waals surface area contributed by atoms with Gasteiger partial charge in [-0.1, -0.05) is 104 Å². The van der Waals surface area contributed by atoms with Crippen LogP contribution in [0.1, 0.15) is 79.1 Å². The van der Waals surface area contributed by atoms with Crippen LogP contribution in [-0.2, 0) is 9.59 Å². The number of nitrogens with one attached hydrogen (secondary N) is 4. The molecule has 0 bridgehead atoms. The molecule has 4 rings (SSSR count). The predicted molar refractivity (Wildman–Crippen MR) is 207 cm³/mol. The molecule has 4 atom stereocenters. The molecule has 14 nitrogen and oxygen atoms in total. The van der Waals surface area contributed by atoms with Gasteiger partial charge in [-0.3, -0.25) is 19.4 Å². The molecule has 0 aliphatic rings. The first kappa shape index (κ1) is 41.1. The van der Waals surface area contributed by atoms with Crippen molar-refractivity contribution in [3.63, 3.8) is 0 Å². The van der Waals surface area contributed by atoms with E-state index in [0.29, 0.717) is 11.6 Å². The number of amides is 4. The van der Waals surface area contributed by atoms with Crippen LogP contribution in [0.15, 0.2) is 60.9 Å². The number of benzene rings is 2. The third kappa shape index (κ3) is 9.46. The average Bonchev–Trinajstić information content (AvgIpc) is 3.80. The minimum Gasteiger partial charge on any atom is -0.465 e. The summed E-state index contributed by atoms with van der Waals surface area (Å²) < 4.78 is 0. The SMILES string of the molecule is CC(C)[C@@H](NC(=O)[C@@H](C(C)C)N(C)C(=O)O)c1ncc(-c2ccc(-c3ccc(-c4cnc([C@H](NC(=O)[C@@H](C(C)C)N(C)C(=O)O)C(C)C)[nH]4)cc3)cc2)[nH]1. The zero-order valence-electron chi connectivity index (χ0n) is 32.7. The Bertz CT molecular complexity index is 1760. The van der Waals surface area contributed by atoms with Gasteiger partial charge in [0.2, 0.25) is 11.8 Å². The number of carbonyl (C=O) groups is 4. The summed E-state index contributed by atoms with van der Waals surface area (Å²) >= 11 is 0. The molecule has 14 heteroatoms. The summed E-state index contributed by atoms with van der Waals surface area (Å²) in [4.78, 5) is 67.7. The Labute approximate surface area is 316 Å². The average molecular weight is 743 g/mol. The van der Waals surface area contributed by atoms with Crippen molar-refractivity contribution in [1.29, 1.82) is 0 Å². The second-order valence-corrected chi connectivity index (χ2v) is 15.1. The quantitative estimate of drug-likeness (QED) is 0.0746. The molecule has 4 aromatic rings. The second-order valence-electron chi connectivity index (χ2n) is 15.1. The number of rotatable bonds is 15. The van der Waals surface area contributed by atoms with E-state index in [1.54, 1.807) is 12.4 Å². The van der Waals surface area contributed by atoms with Crippen molar-refractivity contribution in [1.82, 2.24) is 40.4 Å². The number of imidazole rings is 2. The van der Waals surface area contributed by atoms with Crippen LogP contribution >= 0.6 is 0 Å². The van der Waals surface area contributed by atoms with Gasteiger partial charge >= 0.3 is 12.2 Å². The van der Waals surface area contributed by atoms with E-state index in [1.807, 2.05) is 104 Å². The van der Waals surface area contributed by atoms with Crippen LogP contribution in [0, 0.1) is 23.7 Å². The van der Waals surface area contributed by atoms with Crippen molar-refractivity contribution in [2.45, 2.75) is 79.6 Å². The molecular weight excluding hydrogens is 688 g/mol. The Morgan fingerprint density at radius 3 is 1.09 bits per heavy atom. The Hall–Kier alpha value is -5.66. The Balaban J connectivity index is 1.46. The van der Waals surface area contributed by atoms with Crippen molar-refractivity contribution in [3.05, 3.63) is 72.6 Å². The maximum Gasteiger partial charge on any atom is 0.407 e. The van der Waals surface area contributed by atoms with Gasteiger partial charge in [0.1, 0.15) is 23.7 Å². The molecule has 0 aliphatic carbocycles. The first-order valence-electron chi connectivity index (χ1n) is 18.2. The highest BCUT2D eigenvalue weighted by Gasteiger charge is 2.34. The van der Waals surface area contributed by atoms with E-state index < -0.39 is 36.4 Å². The maximum atomic E-state index is 13.2. The van der Waals surface area contributed by atoms with Crippen molar-refractivity contribution >= 4 is 24.0 Å². The molecule has 0 radical (unpaired) electrons. The number of likely N-dealkylation sites (N-methyl/N-ethyl adjacent to an activating group) is 2. The highest BCUT2D eigenvalue weighted by molar-refractivity contribution is 5.86. The summed E-state index contributed by atoms with van der Waals surface area (Å²) in [6, 6.07) is 13.5. The zero-order chi connectivity index (χ0) is 40.0. The van der Waals surface area contributed by atoms with Crippen molar-refractivity contribution in [3.8, 4) is 33.6 Å². The van der Waals surface area contributed by atoms with Gasteiger partial charge < -0.3 is 30.8 Å². The predicted octanol–water partition coefficient (Wildman–Crippen LogP) is 7.03. The molecule has 54 heavy (non-hydrogen) atoms. The zero-order valence-corrected chi connectivity index (χ0v) is 32.7. The van der Waals surface area contributed by atoms with Crippen molar-refractivity contribution < 1.29 is 29.4 Å². The molecule has 0 unspecified atom stereocenters. The summed E-state index contributed by atoms with van der Waals surface area (Å²) in [5.41, 5.74) is 5.43. The monoisotopic (exact) mass is 742 g/mol. The lowest BCUT2D eigenvalue weighted by Crippen LogP contribution is -2.51. The normalized spacial score (nSPS) is 13.8. The van der Waals surface area contributed by atoms with Crippen LogP contribution in [0.4, 0.5) is 9.59 Å². The molecule has 0 saturated heterocycles. The van der Waals surface area contributed by atoms with Crippen LogP contribution in [-0.4, -0.2) is 90.1 Å². The molecular formula is C40H54N8O6. The number of aromatic nitrogens is 4. The van der Waals surface area contributed by atoms with Crippen LogP contribution in [0.25, 0.3) is 33.6 Å². The molecule has 2 aromatic heterocycles. The first-order valence-corrected chi connectivity index (χ1v) is 18.2. The van der Waals surface area contributed by atoms with Gasteiger partial charge in [0, 0.05) is 14.1 Å². The summed E-state index contributed by atoms with van der Waals surface area (Å²) in [6.07, 6.45) is 1.13. The standard InChI is InChI=1S/C40H54N8O6/c1-21(2)31(45-37(49)33(23(5)6)47(9)39(51)52)35-41-19-29(43-35)27-15-11-25(12-16-27)26-13-17-28(18-14-26)30-20-42-36(44-30)32(22(3)4)46-38(50)34(24(7)8)48(10)40(53)54/h11-24,31-34H,1-10H3,(H,41,43)(H,42,44)(H,45,49)(H,46,50)(H,51,52)(H,53,54)/t31-,32-,33-,34-/m1/s1. The van der Waals surface area contributed by atoms with E-state index in [-0.39, 0.29) is 35.5 Å². The van der Waals surface area contributed by atoms with Crippen LogP contribution in [0.5, 0.6) is 0 Å². The van der Waals surface area contributed by atoms with Crippen molar-refractivity contribution in [2.24, 2.45) is 23.7 Å². The Kier molecular flexibility index (Phi) is 13.3. The highest BCUT2D eigenvalue weighted by Crippen LogP contribution is 2.29. The van der Waals surface area contributed by atoms with E-state index in [0.717, 1.165) is 43.4 Å². The maximum absolute atomic E-state index is 13.2. The number of hydrogen-bond donors (Lipinski definition) is 6. The topological polar surface area (TPSA) is 197 Å². The van der Waals surface area contributed by atoms with Crippen LogP contribution in [0.2, 0.25) is 0 Å². The van der Waals surface area contributed by atoms with E-state index in [1.165, 1.54) is 14.1 Å². The van der Waals surface area contributed by atoms with Crippen LogP contribution in [0.3, 0.4) is 0 Å². The highest BCUT2D eigenvalue weighted by atomic mass is 16.4. The molecule has 2 heterocycles. The fourth-order valence-corrected chi connectivity index (χ4v) is 6.64. The first-order chi connectivity index (χ1) is 25.4. The van der Waals surface area contributed by atoms with Gasteiger partial charge in [0.05, 0.1) is 35.9 Å². The smallest absolute Gasteiger partial charge is 0.407 e. The van der Waals surface area contributed by atoms with Gasteiger partial charge in [-0.25, -0.2) is 19.6 Å². The van der Waals surface area contributed by atoms with E-state index in [4.69, 9.17) is 0 Å². The molecule has 2 aromatic carbocycles. The van der Waals surface area contributed by atoms with E-state index >= 15 is 0 Å². The number of hydrogen-bond acceptors (Lipinski definition) is 6. The number of carboxylic acid groups (broad SMARTS) is 2. The molecule has 0 aliphatic heterocycles. The van der Waals surface area contributed by atoms with Gasteiger partial charge in [0.15, 0.2) is 0 Å². The second kappa shape index (κ2) is 17.4. The lowest BCUT2D eigenvalue weighted by molar-refractivity contribution is -0.128. The minimum atomic E-state index is -1.17. The molecule has 0 fully saturated rings. The van der Waals surface area contributed by atoms with Gasteiger partial charge in [0.25, 0.3) is 0 Å². The van der Waals surface area contributed by atoms with Gasteiger partial charge in [-0.05, 0) is 45.9 Å². The van der Waals surface area contributed by atoms with Crippen molar-refractivity contribution in [2.75, 3.05) is 14.1 Å². The Morgan fingerprint density at radius 1 is 0.537 bits per heavy atom. The largest absolute Gasteiger partial charge is 0.465 e. The molecule has 6 N–H and O–H groups in total. The summed E-state index contributed by atoms with van der Waals surface area (Å²) in [7, 11) is 2.80. The number of H-pyrrole nitrogens is 2. The third-order valence-corrected chi connectivity index (χ3v) is 9.67. The fourth-order valence-electron chi connectivity index (χ4n) is 6.64. The number of nitrogens with zero attached hydrogens (tertiary/aromatic N) is 4. The molecule has 290 valence electrons. The molecule has 0 spiro atoms. The molecule has 0 saturated carbocycles. The Morgan fingerprint density at radius 2 is 0.833 bits per heavy atom. The number of carbonyl (C=O) groups excluding carboxylic acids is 2. The van der Waals surface area contributed by atoms with Crippen LogP contribution < -0.4 is 10.6 Å². The summed E-state index contributed by atoms with van der Waals surface area (Å²) in [5, 5.41) is 25.0. The van der Waals surface area contributed by atoms with Gasteiger partial charge in [-0.2, -0.15) is 0 Å². The molecule has 4 amide bonds. The minimum absolute atomic E-state index is 0.0118. The lowest BCUT2D eigenvalue weighted by Gasteiger charge is -2.30. The van der Waals surface area contributed by atoms with Gasteiger partial charge in [-0.15, -0.1) is 0 Å². The van der Waals surface area contributed by atoms with E-state index in [2.05, 4.69) is 30.6 Å². The number of aromatic amines is 2. The third-order valence-electron chi connectivity index (χ3n) is 9.67. The van der Waals surface area contributed by atoms with E-state index in [9.17, 15) is 29.4 Å². The summed E-state index contributed by atoms with van der Waals surface area (Å²) in [6.45, 7) is 15.1. The summed E-state index contributed by atoms with van der Waals surface area (Å²) in [5.74, 6) is -0.0392. The lowest BCUT2D eigenvalue weighted by atomic mass is 9.99.